The molecule has 0 aliphatic carbocycles. The molecule has 29 heavy (non-hydrogen) atoms. The highest BCUT2D eigenvalue weighted by atomic mass is 16.6. The molecule has 0 bridgehead atoms. The first-order valence-electron chi connectivity index (χ1n) is 10.1. The van der Waals surface area contributed by atoms with Gasteiger partial charge in [0.15, 0.2) is 0 Å². The second kappa shape index (κ2) is 8.31. The fourth-order valence-corrected chi connectivity index (χ4v) is 4.20. The minimum absolute atomic E-state index is 0.0257. The van der Waals surface area contributed by atoms with Crippen molar-refractivity contribution in [2.45, 2.75) is 44.4 Å². The zero-order valence-corrected chi connectivity index (χ0v) is 16.5. The molecule has 1 saturated heterocycles. The molecule has 1 fully saturated rings. The van der Waals surface area contributed by atoms with Crippen LogP contribution in [0.15, 0.2) is 53.2 Å². The van der Waals surface area contributed by atoms with Crippen LogP contribution in [0.1, 0.15) is 37.3 Å². The molecule has 7 heteroatoms. The number of likely N-dealkylation sites (tertiary alicyclic amines) is 1. The number of benzene rings is 2. The Morgan fingerprint density at radius 2 is 2.07 bits per heavy atom. The summed E-state index contributed by atoms with van der Waals surface area (Å²) in [7, 11) is 0. The summed E-state index contributed by atoms with van der Waals surface area (Å²) < 4.78 is 4.86. The molecule has 1 aromatic heterocycles. The van der Waals surface area contributed by atoms with Crippen molar-refractivity contribution in [2.75, 3.05) is 13.1 Å². The molecular weight excluding hydrogens is 368 g/mol. The molecule has 0 unspecified atom stereocenters. The van der Waals surface area contributed by atoms with Crippen LogP contribution in [-0.2, 0) is 16.9 Å². The van der Waals surface area contributed by atoms with Crippen molar-refractivity contribution in [3.63, 3.8) is 0 Å². The van der Waals surface area contributed by atoms with E-state index in [4.69, 9.17) is 4.63 Å². The topological polar surface area (TPSA) is 91.5 Å². The summed E-state index contributed by atoms with van der Waals surface area (Å²) in [5.41, 5.74) is 2.66. The van der Waals surface area contributed by atoms with Crippen LogP contribution in [0, 0.1) is 0 Å². The molecule has 2 aromatic carbocycles. The second-order valence-electron chi connectivity index (χ2n) is 7.69. The van der Waals surface area contributed by atoms with Crippen LogP contribution in [0.25, 0.3) is 11.0 Å². The van der Waals surface area contributed by atoms with E-state index in [9.17, 15) is 9.90 Å². The Morgan fingerprint density at radius 1 is 1.24 bits per heavy atom. The van der Waals surface area contributed by atoms with Gasteiger partial charge in [-0.2, -0.15) is 0 Å². The summed E-state index contributed by atoms with van der Waals surface area (Å²) in [5.74, 6) is -0.0257. The van der Waals surface area contributed by atoms with Gasteiger partial charge in [-0.1, -0.05) is 49.4 Å². The van der Waals surface area contributed by atoms with Crippen LogP contribution < -0.4 is 5.32 Å². The van der Waals surface area contributed by atoms with Crippen LogP contribution in [-0.4, -0.2) is 45.4 Å². The first-order valence-corrected chi connectivity index (χ1v) is 10.1. The van der Waals surface area contributed by atoms with Gasteiger partial charge in [-0.05, 0) is 40.3 Å². The number of aliphatic hydroxyl groups excluding tert-OH is 1. The summed E-state index contributed by atoms with van der Waals surface area (Å²) in [6.07, 6.45) is 1.12. The fraction of sp³-hybridized carbons (Fsp3) is 0.409. The monoisotopic (exact) mass is 394 g/mol. The molecule has 3 aromatic rings. The number of piperidine rings is 1. The number of nitrogens with one attached hydrogen (secondary N) is 1. The minimum Gasteiger partial charge on any atom is -0.389 e. The van der Waals surface area contributed by atoms with Crippen LogP contribution in [0.3, 0.4) is 0 Å². The zero-order valence-electron chi connectivity index (χ0n) is 16.5. The number of carbonyl (C=O) groups excluding carboxylic acids is 1. The van der Waals surface area contributed by atoms with Gasteiger partial charge in [0.2, 0.25) is 5.91 Å². The molecule has 0 saturated carbocycles. The predicted molar refractivity (Wildman–Crippen MR) is 109 cm³/mol. The van der Waals surface area contributed by atoms with Gasteiger partial charge in [-0.15, -0.1) is 0 Å². The van der Waals surface area contributed by atoms with Crippen molar-refractivity contribution in [3.05, 3.63) is 59.7 Å². The Bertz CT molecular complexity index is 974. The van der Waals surface area contributed by atoms with Gasteiger partial charge in [0.25, 0.3) is 0 Å². The average Bonchev–Trinajstić information content (AvgIpc) is 3.21. The van der Waals surface area contributed by atoms with E-state index in [-0.39, 0.29) is 5.91 Å². The first kappa shape index (κ1) is 19.5. The summed E-state index contributed by atoms with van der Waals surface area (Å²) in [4.78, 5) is 14.6. The number of rotatable bonds is 6. The van der Waals surface area contributed by atoms with Gasteiger partial charge in [0.1, 0.15) is 11.0 Å². The van der Waals surface area contributed by atoms with Crippen molar-refractivity contribution in [1.29, 1.82) is 0 Å². The fourth-order valence-electron chi connectivity index (χ4n) is 4.20. The maximum absolute atomic E-state index is 12.5. The van der Waals surface area contributed by atoms with Crippen LogP contribution in [0.2, 0.25) is 0 Å². The SMILES string of the molecule is CCCC(=O)N[C@@]1(c2ccccc2)CCN(Cc2cccc3nonc23)C[C@H]1O. The third-order valence-corrected chi connectivity index (χ3v) is 5.71. The van der Waals surface area contributed by atoms with Crippen molar-refractivity contribution in [2.24, 2.45) is 0 Å². The van der Waals surface area contributed by atoms with Gasteiger partial charge in [0.05, 0.1) is 11.6 Å². The number of aromatic nitrogens is 2. The number of amides is 1. The Hall–Kier alpha value is -2.77. The molecule has 7 nitrogen and oxygen atoms in total. The zero-order chi connectivity index (χ0) is 20.3. The highest BCUT2D eigenvalue weighted by molar-refractivity contribution is 5.77. The summed E-state index contributed by atoms with van der Waals surface area (Å²) in [6, 6.07) is 15.6. The normalized spacial score (nSPS) is 22.6. The number of carbonyl (C=O) groups is 1. The Labute approximate surface area is 169 Å². The molecule has 2 heterocycles. The maximum atomic E-state index is 12.5. The van der Waals surface area contributed by atoms with E-state index in [1.54, 1.807) is 0 Å². The van der Waals surface area contributed by atoms with E-state index in [2.05, 4.69) is 20.5 Å². The lowest BCUT2D eigenvalue weighted by atomic mass is 9.78. The Kier molecular flexibility index (Phi) is 5.60. The van der Waals surface area contributed by atoms with Crippen LogP contribution in [0.4, 0.5) is 0 Å². The second-order valence-corrected chi connectivity index (χ2v) is 7.69. The lowest BCUT2D eigenvalue weighted by Gasteiger charge is -2.46. The minimum atomic E-state index is -0.772. The number of fused-ring (bicyclic) bond motifs is 1. The highest BCUT2D eigenvalue weighted by Crippen LogP contribution is 2.34. The molecule has 1 amide bonds. The van der Waals surface area contributed by atoms with E-state index in [0.29, 0.717) is 25.9 Å². The van der Waals surface area contributed by atoms with Gasteiger partial charge in [-0.3, -0.25) is 9.69 Å². The van der Waals surface area contributed by atoms with Crippen LogP contribution >= 0.6 is 0 Å². The van der Waals surface area contributed by atoms with E-state index < -0.39 is 11.6 Å². The van der Waals surface area contributed by atoms with Gasteiger partial charge < -0.3 is 10.4 Å². The Balaban J connectivity index is 1.56. The van der Waals surface area contributed by atoms with Crippen molar-refractivity contribution < 1.29 is 14.5 Å². The Morgan fingerprint density at radius 3 is 2.83 bits per heavy atom. The molecule has 1 aliphatic heterocycles. The molecule has 4 rings (SSSR count). The van der Waals surface area contributed by atoms with E-state index in [0.717, 1.165) is 35.1 Å². The number of hydrogen-bond acceptors (Lipinski definition) is 6. The summed E-state index contributed by atoms with van der Waals surface area (Å²) in [6.45, 7) is 3.80. The largest absolute Gasteiger partial charge is 0.389 e. The van der Waals surface area contributed by atoms with Gasteiger partial charge in [0, 0.05) is 26.1 Å². The third kappa shape index (κ3) is 3.88. The number of nitrogens with zero attached hydrogens (tertiary/aromatic N) is 3. The van der Waals surface area contributed by atoms with Gasteiger partial charge in [-0.25, -0.2) is 4.63 Å². The number of β-amino-alcohol motifs (C(OH)–C–C–N with tert-alkyl or cyclic N) is 1. The molecule has 2 atom stereocenters. The maximum Gasteiger partial charge on any atom is 0.220 e. The standard InChI is InChI=1S/C22H26N4O3/c1-2-7-20(28)23-22(17-9-4-3-5-10-17)12-13-26(15-19(22)27)14-16-8-6-11-18-21(16)25-29-24-18/h3-6,8-11,19,27H,2,7,12-15H2,1H3,(H,23,28)/t19-,22-/m1/s1. The quantitative estimate of drug-likeness (QED) is 0.668. The molecular formula is C22H26N4O3. The smallest absolute Gasteiger partial charge is 0.220 e. The third-order valence-electron chi connectivity index (χ3n) is 5.71. The van der Waals surface area contributed by atoms with Crippen molar-refractivity contribution >= 4 is 16.9 Å². The average molecular weight is 394 g/mol. The molecule has 2 N–H and O–H groups in total. The summed E-state index contributed by atoms with van der Waals surface area (Å²) >= 11 is 0. The summed E-state index contributed by atoms with van der Waals surface area (Å²) in [5, 5.41) is 22.3. The molecule has 1 aliphatic rings. The number of hydrogen-bond donors (Lipinski definition) is 2. The molecule has 0 radical (unpaired) electrons. The van der Waals surface area contributed by atoms with Crippen LogP contribution in [0.5, 0.6) is 0 Å². The predicted octanol–water partition coefficient (Wildman–Crippen LogP) is 2.60. The van der Waals surface area contributed by atoms with E-state index in [1.807, 2.05) is 55.5 Å². The molecule has 0 spiro atoms. The highest BCUT2D eigenvalue weighted by Gasteiger charge is 2.44. The molecule has 152 valence electrons. The van der Waals surface area contributed by atoms with E-state index in [1.165, 1.54) is 0 Å². The lowest BCUT2D eigenvalue weighted by molar-refractivity contribution is -0.127. The first-order chi connectivity index (χ1) is 14.1. The lowest BCUT2D eigenvalue weighted by Crippen LogP contribution is -2.61. The van der Waals surface area contributed by atoms with Gasteiger partial charge >= 0.3 is 0 Å². The van der Waals surface area contributed by atoms with Crippen molar-refractivity contribution in [3.8, 4) is 0 Å². The number of aliphatic hydroxyl groups is 1. The van der Waals surface area contributed by atoms with Crippen molar-refractivity contribution in [1.82, 2.24) is 20.5 Å². The van der Waals surface area contributed by atoms with E-state index >= 15 is 0 Å².